The van der Waals surface area contributed by atoms with Crippen LogP contribution in [-0.2, 0) is 16.6 Å². The lowest BCUT2D eigenvalue weighted by Crippen LogP contribution is -2.32. The molecule has 0 unspecified atom stereocenters. The maximum absolute atomic E-state index is 12.0. The number of hydrogen-bond acceptors (Lipinski definition) is 4. The van der Waals surface area contributed by atoms with Crippen LogP contribution in [0.25, 0.3) is 0 Å². The van der Waals surface area contributed by atoms with E-state index in [-0.39, 0.29) is 11.5 Å². The molecule has 6 heteroatoms. The number of likely N-dealkylation sites (N-methyl/N-ethyl adjacent to an activating group) is 1. The van der Waals surface area contributed by atoms with Crippen molar-refractivity contribution in [1.82, 2.24) is 9.62 Å². The molecule has 0 amide bonds. The van der Waals surface area contributed by atoms with Crippen molar-refractivity contribution in [2.45, 2.75) is 18.4 Å². The largest absolute Gasteiger partial charge is 0.392 e. The molecule has 2 N–H and O–H groups in total. The van der Waals surface area contributed by atoms with Gasteiger partial charge in [-0.1, -0.05) is 19.1 Å². The van der Waals surface area contributed by atoms with E-state index in [4.69, 9.17) is 5.11 Å². The minimum Gasteiger partial charge on any atom is -0.392 e. The number of hydrogen-bond donors (Lipinski definition) is 2. The summed E-state index contributed by atoms with van der Waals surface area (Å²) < 4.78 is 26.5. The number of aliphatic hydroxyl groups is 1. The van der Waals surface area contributed by atoms with Gasteiger partial charge in [0.2, 0.25) is 10.0 Å². The summed E-state index contributed by atoms with van der Waals surface area (Å²) in [5.74, 6) is 0. The Bertz CT molecular complexity index is 474. The molecule has 102 valence electrons. The fraction of sp³-hybridized carbons (Fsp3) is 0.500. The van der Waals surface area contributed by atoms with Crippen molar-refractivity contribution < 1.29 is 13.5 Å². The third kappa shape index (κ3) is 4.38. The molecule has 0 spiro atoms. The van der Waals surface area contributed by atoms with Gasteiger partial charge in [-0.15, -0.1) is 0 Å². The second-order valence-electron chi connectivity index (χ2n) is 4.10. The fourth-order valence-electron chi connectivity index (χ4n) is 1.42. The average molecular weight is 272 g/mol. The van der Waals surface area contributed by atoms with Crippen LogP contribution >= 0.6 is 0 Å². The lowest BCUT2D eigenvalue weighted by Gasteiger charge is -2.14. The van der Waals surface area contributed by atoms with Gasteiger partial charge in [-0.3, -0.25) is 0 Å². The van der Waals surface area contributed by atoms with Gasteiger partial charge in [0.25, 0.3) is 0 Å². The van der Waals surface area contributed by atoms with Crippen molar-refractivity contribution in [2.75, 3.05) is 26.7 Å². The minimum absolute atomic E-state index is 0.165. The van der Waals surface area contributed by atoms with Crippen LogP contribution in [0.5, 0.6) is 0 Å². The molecule has 0 bridgehead atoms. The van der Waals surface area contributed by atoms with E-state index < -0.39 is 10.0 Å². The average Bonchev–Trinajstić information content (AvgIpc) is 2.38. The molecular formula is C12H20N2O3S. The second-order valence-corrected chi connectivity index (χ2v) is 5.87. The molecule has 0 aliphatic carbocycles. The molecule has 0 saturated carbocycles. The van der Waals surface area contributed by atoms with Crippen LogP contribution in [0.1, 0.15) is 12.5 Å². The number of benzene rings is 1. The molecule has 0 heterocycles. The smallest absolute Gasteiger partial charge is 0.240 e. The summed E-state index contributed by atoms with van der Waals surface area (Å²) in [4.78, 5) is 2.21. The number of nitrogens with one attached hydrogen (secondary N) is 1. The van der Waals surface area contributed by atoms with Crippen molar-refractivity contribution in [3.05, 3.63) is 29.8 Å². The summed E-state index contributed by atoms with van der Waals surface area (Å²) in [6.45, 7) is 3.76. The summed E-state index contributed by atoms with van der Waals surface area (Å²) in [6, 6.07) is 6.30. The fourth-order valence-corrected chi connectivity index (χ4v) is 2.51. The molecule has 0 saturated heterocycles. The Morgan fingerprint density at radius 3 is 2.72 bits per heavy atom. The van der Waals surface area contributed by atoms with E-state index in [1.807, 2.05) is 18.9 Å². The van der Waals surface area contributed by atoms with E-state index in [9.17, 15) is 8.42 Å². The summed E-state index contributed by atoms with van der Waals surface area (Å²) in [7, 11) is -1.55. The predicted molar refractivity (Wildman–Crippen MR) is 70.7 cm³/mol. The Kier molecular flexibility index (Phi) is 5.74. The molecule has 0 atom stereocenters. The lowest BCUT2D eigenvalue weighted by molar-refractivity contribution is 0.281. The Morgan fingerprint density at radius 2 is 2.11 bits per heavy atom. The normalized spacial score (nSPS) is 12.0. The van der Waals surface area contributed by atoms with Gasteiger partial charge in [0.05, 0.1) is 11.5 Å². The Labute approximate surface area is 108 Å². The Morgan fingerprint density at radius 1 is 1.39 bits per heavy atom. The Hall–Kier alpha value is -0.950. The van der Waals surface area contributed by atoms with Crippen LogP contribution in [0.15, 0.2) is 29.2 Å². The number of sulfonamides is 1. The standard InChI is InChI=1S/C12H20N2O3S/c1-3-14(2)8-7-13-18(16,17)12-6-4-5-11(9-12)10-15/h4-6,9,13,15H,3,7-8,10H2,1-2H3. The van der Waals surface area contributed by atoms with Gasteiger partial charge in [0.1, 0.15) is 0 Å². The van der Waals surface area contributed by atoms with Gasteiger partial charge in [-0.25, -0.2) is 13.1 Å². The topological polar surface area (TPSA) is 69.6 Å². The van der Waals surface area contributed by atoms with Gasteiger partial charge in [0, 0.05) is 13.1 Å². The number of rotatable bonds is 7. The molecule has 0 radical (unpaired) electrons. The second kappa shape index (κ2) is 6.84. The van der Waals surface area contributed by atoms with E-state index >= 15 is 0 Å². The van der Waals surface area contributed by atoms with Crippen LogP contribution in [0.4, 0.5) is 0 Å². The molecule has 18 heavy (non-hydrogen) atoms. The lowest BCUT2D eigenvalue weighted by atomic mass is 10.2. The van der Waals surface area contributed by atoms with E-state index in [0.29, 0.717) is 18.7 Å². The van der Waals surface area contributed by atoms with Crippen LogP contribution in [0.3, 0.4) is 0 Å². The van der Waals surface area contributed by atoms with Crippen molar-refractivity contribution in [3.8, 4) is 0 Å². The van der Waals surface area contributed by atoms with Crippen molar-refractivity contribution >= 4 is 10.0 Å². The highest BCUT2D eigenvalue weighted by molar-refractivity contribution is 7.89. The molecular weight excluding hydrogens is 252 g/mol. The number of aliphatic hydroxyl groups excluding tert-OH is 1. The summed E-state index contributed by atoms with van der Waals surface area (Å²) in [6.07, 6.45) is 0. The molecule has 0 aliphatic rings. The predicted octanol–water partition coefficient (Wildman–Crippen LogP) is 0.409. The van der Waals surface area contributed by atoms with Crippen LogP contribution < -0.4 is 4.72 Å². The molecule has 5 nitrogen and oxygen atoms in total. The molecule has 1 rings (SSSR count). The van der Waals surface area contributed by atoms with E-state index in [2.05, 4.69) is 4.72 Å². The van der Waals surface area contributed by atoms with Crippen LogP contribution in [0, 0.1) is 0 Å². The molecule has 1 aromatic rings. The van der Waals surface area contributed by atoms with E-state index in [1.54, 1.807) is 12.1 Å². The van der Waals surface area contributed by atoms with E-state index in [0.717, 1.165) is 6.54 Å². The maximum Gasteiger partial charge on any atom is 0.240 e. The van der Waals surface area contributed by atoms with Gasteiger partial charge in [0.15, 0.2) is 0 Å². The van der Waals surface area contributed by atoms with Crippen LogP contribution in [-0.4, -0.2) is 45.1 Å². The molecule has 1 aromatic carbocycles. The van der Waals surface area contributed by atoms with Gasteiger partial charge in [-0.05, 0) is 31.3 Å². The van der Waals surface area contributed by atoms with Crippen molar-refractivity contribution in [3.63, 3.8) is 0 Å². The summed E-state index contributed by atoms with van der Waals surface area (Å²) in [5.41, 5.74) is 0.587. The molecule has 0 aliphatic heterocycles. The first-order chi connectivity index (χ1) is 8.49. The van der Waals surface area contributed by atoms with Crippen molar-refractivity contribution in [2.24, 2.45) is 0 Å². The summed E-state index contributed by atoms with van der Waals surface area (Å²) >= 11 is 0. The quantitative estimate of drug-likeness (QED) is 0.754. The van der Waals surface area contributed by atoms with Gasteiger partial charge >= 0.3 is 0 Å². The Balaban J connectivity index is 2.68. The third-order valence-electron chi connectivity index (χ3n) is 2.72. The van der Waals surface area contributed by atoms with E-state index in [1.165, 1.54) is 12.1 Å². The first-order valence-corrected chi connectivity index (χ1v) is 7.36. The molecule has 0 fully saturated rings. The summed E-state index contributed by atoms with van der Waals surface area (Å²) in [5, 5.41) is 8.99. The third-order valence-corrected chi connectivity index (χ3v) is 4.18. The number of nitrogens with zero attached hydrogens (tertiary/aromatic N) is 1. The minimum atomic E-state index is -3.48. The zero-order valence-electron chi connectivity index (χ0n) is 10.8. The van der Waals surface area contributed by atoms with Crippen LogP contribution in [0.2, 0.25) is 0 Å². The first-order valence-electron chi connectivity index (χ1n) is 5.87. The maximum atomic E-state index is 12.0. The monoisotopic (exact) mass is 272 g/mol. The highest BCUT2D eigenvalue weighted by Crippen LogP contribution is 2.11. The van der Waals surface area contributed by atoms with Gasteiger partial charge < -0.3 is 10.0 Å². The zero-order chi connectivity index (χ0) is 13.6. The highest BCUT2D eigenvalue weighted by atomic mass is 32.2. The van der Waals surface area contributed by atoms with Gasteiger partial charge in [-0.2, -0.15) is 0 Å². The van der Waals surface area contributed by atoms with Crippen molar-refractivity contribution in [1.29, 1.82) is 0 Å². The zero-order valence-corrected chi connectivity index (χ0v) is 11.6. The highest BCUT2D eigenvalue weighted by Gasteiger charge is 2.13. The SMILES string of the molecule is CCN(C)CCNS(=O)(=O)c1cccc(CO)c1. The molecule has 0 aromatic heterocycles. The first kappa shape index (κ1) is 15.1.